The SMILES string of the molecule is C=Cc1ccccc1.CCC=Cc1ccccc1.c1ccccc1. The molecule has 0 aliphatic rings. The first kappa shape index (κ1) is 19.2. The molecule has 0 fully saturated rings. The molecule has 0 heteroatoms. The van der Waals surface area contributed by atoms with Gasteiger partial charge in [0.25, 0.3) is 0 Å². The molecule has 3 aromatic carbocycles. The summed E-state index contributed by atoms with van der Waals surface area (Å²) in [4.78, 5) is 0. The van der Waals surface area contributed by atoms with Crippen molar-refractivity contribution in [3.8, 4) is 0 Å². The molecule has 122 valence electrons. The molecule has 0 aliphatic heterocycles. The average molecular weight is 314 g/mol. The summed E-state index contributed by atoms with van der Waals surface area (Å²) >= 11 is 0. The van der Waals surface area contributed by atoms with Gasteiger partial charge in [-0.3, -0.25) is 0 Å². The monoisotopic (exact) mass is 314 g/mol. The molecule has 0 N–H and O–H groups in total. The summed E-state index contributed by atoms with van der Waals surface area (Å²) in [5, 5.41) is 0. The Morgan fingerprint density at radius 2 is 1.00 bits per heavy atom. The molecule has 0 bridgehead atoms. The fourth-order valence-corrected chi connectivity index (χ4v) is 1.79. The van der Waals surface area contributed by atoms with Gasteiger partial charge in [0.2, 0.25) is 0 Å². The molecule has 24 heavy (non-hydrogen) atoms. The molecular weight excluding hydrogens is 288 g/mol. The maximum atomic E-state index is 3.63. The lowest BCUT2D eigenvalue weighted by atomic mass is 10.2. The van der Waals surface area contributed by atoms with Crippen molar-refractivity contribution in [3.05, 3.63) is 121 Å². The van der Waals surface area contributed by atoms with E-state index in [-0.39, 0.29) is 0 Å². The summed E-state index contributed by atoms with van der Waals surface area (Å²) in [5.41, 5.74) is 2.46. The van der Waals surface area contributed by atoms with Crippen LogP contribution in [0.1, 0.15) is 24.5 Å². The number of hydrogen-bond acceptors (Lipinski definition) is 0. The van der Waals surface area contributed by atoms with Crippen molar-refractivity contribution in [2.75, 3.05) is 0 Å². The summed E-state index contributed by atoms with van der Waals surface area (Å²) in [6.45, 7) is 5.77. The minimum atomic E-state index is 1.11. The zero-order valence-corrected chi connectivity index (χ0v) is 14.4. The van der Waals surface area contributed by atoms with Crippen LogP contribution in [0.2, 0.25) is 0 Å². The van der Waals surface area contributed by atoms with E-state index >= 15 is 0 Å². The van der Waals surface area contributed by atoms with E-state index in [1.807, 2.05) is 78.9 Å². The van der Waals surface area contributed by atoms with Gasteiger partial charge in [0.05, 0.1) is 0 Å². The normalized spacial score (nSPS) is 9.21. The molecule has 0 atom stereocenters. The van der Waals surface area contributed by atoms with E-state index in [0.717, 1.165) is 6.42 Å². The highest BCUT2D eigenvalue weighted by molar-refractivity contribution is 5.48. The van der Waals surface area contributed by atoms with E-state index in [1.165, 1.54) is 11.1 Å². The van der Waals surface area contributed by atoms with Gasteiger partial charge >= 0.3 is 0 Å². The lowest BCUT2D eigenvalue weighted by molar-refractivity contribution is 1.23. The Morgan fingerprint density at radius 1 is 0.625 bits per heavy atom. The third-order valence-corrected chi connectivity index (χ3v) is 3.05. The molecule has 0 heterocycles. The van der Waals surface area contributed by atoms with Crippen molar-refractivity contribution in [2.24, 2.45) is 0 Å². The van der Waals surface area contributed by atoms with Crippen molar-refractivity contribution >= 4 is 12.2 Å². The molecule has 0 unspecified atom stereocenters. The van der Waals surface area contributed by atoms with Gasteiger partial charge in [-0.15, -0.1) is 0 Å². The Kier molecular flexibility index (Phi) is 11.0. The van der Waals surface area contributed by atoms with E-state index in [1.54, 1.807) is 0 Å². The fraction of sp³-hybridized carbons (Fsp3) is 0.0833. The molecule has 3 aromatic rings. The molecule has 3 rings (SSSR count). The Morgan fingerprint density at radius 3 is 1.33 bits per heavy atom. The summed E-state index contributed by atoms with van der Waals surface area (Å²) in [7, 11) is 0. The maximum absolute atomic E-state index is 3.63. The van der Waals surface area contributed by atoms with Gasteiger partial charge in [-0.25, -0.2) is 0 Å². The van der Waals surface area contributed by atoms with Gasteiger partial charge in [0.15, 0.2) is 0 Å². The van der Waals surface area contributed by atoms with Crippen LogP contribution in [0.3, 0.4) is 0 Å². The molecular formula is C24H26. The van der Waals surface area contributed by atoms with Crippen LogP contribution in [0.25, 0.3) is 12.2 Å². The second-order valence-corrected chi connectivity index (χ2v) is 4.99. The van der Waals surface area contributed by atoms with Crippen molar-refractivity contribution in [2.45, 2.75) is 13.3 Å². The van der Waals surface area contributed by atoms with Crippen LogP contribution in [0.4, 0.5) is 0 Å². The zero-order chi connectivity index (χ0) is 17.3. The third-order valence-electron chi connectivity index (χ3n) is 3.05. The average Bonchev–Trinajstić information content (AvgIpc) is 2.70. The third kappa shape index (κ3) is 9.97. The van der Waals surface area contributed by atoms with Gasteiger partial charge in [0, 0.05) is 0 Å². The summed E-state index contributed by atoms with van der Waals surface area (Å²) in [6.07, 6.45) is 7.24. The number of benzene rings is 3. The van der Waals surface area contributed by atoms with Gasteiger partial charge in [-0.05, 0) is 17.5 Å². The molecule has 0 aliphatic carbocycles. The number of allylic oxidation sites excluding steroid dienone is 1. The van der Waals surface area contributed by atoms with Crippen LogP contribution >= 0.6 is 0 Å². The smallest absolute Gasteiger partial charge is 0.0260 e. The van der Waals surface area contributed by atoms with Crippen LogP contribution in [0, 0.1) is 0 Å². The van der Waals surface area contributed by atoms with Crippen molar-refractivity contribution < 1.29 is 0 Å². The molecule has 0 amide bonds. The van der Waals surface area contributed by atoms with E-state index in [2.05, 4.69) is 49.9 Å². The molecule has 0 nitrogen and oxygen atoms in total. The molecule has 0 saturated carbocycles. The highest BCUT2D eigenvalue weighted by atomic mass is 13.8. The second kappa shape index (κ2) is 13.8. The largest absolute Gasteiger partial charge is 0.0985 e. The van der Waals surface area contributed by atoms with Crippen molar-refractivity contribution in [1.82, 2.24) is 0 Å². The standard InChI is InChI=1S/C10H12.C8H8.C6H6/c1-2-3-7-10-8-5-4-6-9-10;1-2-8-6-4-3-5-7-8;1-2-4-6-5-3-1/h3-9H,2H2,1H3;2-7H,1H2;1-6H. The van der Waals surface area contributed by atoms with E-state index in [9.17, 15) is 0 Å². The van der Waals surface area contributed by atoms with Crippen molar-refractivity contribution in [1.29, 1.82) is 0 Å². The highest BCUT2D eigenvalue weighted by Gasteiger charge is 1.79. The number of hydrogen-bond donors (Lipinski definition) is 0. The first-order valence-corrected chi connectivity index (χ1v) is 8.26. The molecule has 0 spiro atoms. The maximum Gasteiger partial charge on any atom is -0.0260 e. The number of rotatable bonds is 3. The molecule has 0 saturated heterocycles. The summed E-state index contributed by atoms with van der Waals surface area (Å²) in [6, 6.07) is 32.4. The van der Waals surface area contributed by atoms with Crippen LogP contribution < -0.4 is 0 Å². The van der Waals surface area contributed by atoms with Crippen molar-refractivity contribution in [3.63, 3.8) is 0 Å². The first-order valence-electron chi connectivity index (χ1n) is 8.26. The van der Waals surface area contributed by atoms with Crippen LogP contribution in [-0.4, -0.2) is 0 Å². The Hall–Kier alpha value is -2.86. The Balaban J connectivity index is 0.000000186. The lowest BCUT2D eigenvalue weighted by Crippen LogP contribution is -1.66. The molecule has 0 radical (unpaired) electrons. The van der Waals surface area contributed by atoms with Gasteiger partial charge in [0.1, 0.15) is 0 Å². The van der Waals surface area contributed by atoms with Crippen LogP contribution in [-0.2, 0) is 0 Å². The van der Waals surface area contributed by atoms with Crippen LogP contribution in [0.5, 0.6) is 0 Å². The van der Waals surface area contributed by atoms with E-state index in [0.29, 0.717) is 0 Å². The predicted octanol–water partition coefficient (Wildman–Crippen LogP) is 7.13. The Bertz CT molecular complexity index is 625. The van der Waals surface area contributed by atoms with E-state index < -0.39 is 0 Å². The van der Waals surface area contributed by atoms with E-state index in [4.69, 9.17) is 0 Å². The quantitative estimate of drug-likeness (QED) is 0.482. The van der Waals surface area contributed by atoms with Gasteiger partial charge in [-0.1, -0.05) is 129 Å². The zero-order valence-electron chi connectivity index (χ0n) is 14.4. The summed E-state index contributed by atoms with van der Waals surface area (Å²) in [5.74, 6) is 0. The van der Waals surface area contributed by atoms with Gasteiger partial charge < -0.3 is 0 Å². The summed E-state index contributed by atoms with van der Waals surface area (Å²) < 4.78 is 0. The molecule has 0 aromatic heterocycles. The van der Waals surface area contributed by atoms with Gasteiger partial charge in [-0.2, -0.15) is 0 Å². The Labute approximate surface area is 146 Å². The first-order chi connectivity index (χ1) is 11.9. The lowest BCUT2D eigenvalue weighted by Gasteiger charge is -1.88. The van der Waals surface area contributed by atoms with Crippen LogP contribution in [0.15, 0.2) is 110 Å². The predicted molar refractivity (Wildman–Crippen MR) is 109 cm³/mol. The second-order valence-electron chi connectivity index (χ2n) is 4.99. The minimum absolute atomic E-state index is 1.11. The topological polar surface area (TPSA) is 0 Å². The fourth-order valence-electron chi connectivity index (χ4n) is 1.79. The highest BCUT2D eigenvalue weighted by Crippen LogP contribution is 2.01. The minimum Gasteiger partial charge on any atom is -0.0985 e.